The topological polar surface area (TPSA) is 86.2 Å². The summed E-state index contributed by atoms with van der Waals surface area (Å²) in [6.45, 7) is 7.71. The lowest BCUT2D eigenvalue weighted by atomic mass is 10.0. The number of nitrogens with one attached hydrogen (secondary N) is 1. The van der Waals surface area contributed by atoms with Crippen molar-refractivity contribution >= 4 is 23.5 Å². The van der Waals surface area contributed by atoms with Crippen molar-refractivity contribution in [2.24, 2.45) is 5.92 Å². The average molecular weight is 317 g/mol. The highest BCUT2D eigenvalue weighted by Crippen LogP contribution is 2.16. The number of esters is 1. The highest BCUT2D eigenvalue weighted by molar-refractivity contribution is 6.28. The fourth-order valence-corrected chi connectivity index (χ4v) is 1.80. The summed E-state index contributed by atoms with van der Waals surface area (Å²) >= 11 is 5.84. The third-order valence-electron chi connectivity index (χ3n) is 2.42. The highest BCUT2D eigenvalue weighted by Gasteiger charge is 2.22. The van der Waals surface area contributed by atoms with Gasteiger partial charge >= 0.3 is 12.0 Å². The lowest BCUT2D eigenvalue weighted by Crippen LogP contribution is -2.33. The molecule has 0 saturated heterocycles. The summed E-state index contributed by atoms with van der Waals surface area (Å²) in [6.07, 6.45) is 0.486. The molecule has 1 rings (SSSR count). The summed E-state index contributed by atoms with van der Waals surface area (Å²) in [5.74, 6) is 0.0959. The van der Waals surface area contributed by atoms with Crippen molar-refractivity contribution in [1.82, 2.24) is 15.0 Å². The summed E-state index contributed by atoms with van der Waals surface area (Å²) in [5, 5.41) is 2.91. The van der Waals surface area contributed by atoms with Crippen LogP contribution in [0.25, 0.3) is 0 Å². The van der Waals surface area contributed by atoms with Crippen molar-refractivity contribution in [2.75, 3.05) is 12.4 Å². The fourth-order valence-electron chi connectivity index (χ4n) is 1.64. The Bertz CT molecular complexity index is 482. The number of hydrogen-bond donors (Lipinski definition) is 1. The minimum absolute atomic E-state index is 0.00341. The van der Waals surface area contributed by atoms with Gasteiger partial charge in [0, 0.05) is 0 Å². The van der Waals surface area contributed by atoms with Crippen LogP contribution in [0.1, 0.15) is 34.1 Å². The number of aromatic nitrogens is 3. The van der Waals surface area contributed by atoms with Gasteiger partial charge in [-0.2, -0.15) is 15.0 Å². The largest absolute Gasteiger partial charge is 0.467 e. The Kier molecular flexibility index (Phi) is 6.61. The summed E-state index contributed by atoms with van der Waals surface area (Å²) in [6, 6.07) is -0.443. The van der Waals surface area contributed by atoms with E-state index in [2.05, 4.69) is 20.3 Å². The van der Waals surface area contributed by atoms with Gasteiger partial charge in [0.05, 0.1) is 13.2 Å². The first-order valence-electron chi connectivity index (χ1n) is 6.74. The molecular weight excluding hydrogens is 296 g/mol. The van der Waals surface area contributed by atoms with E-state index in [0.29, 0.717) is 12.3 Å². The molecule has 0 aromatic carbocycles. The molecule has 1 aromatic rings. The van der Waals surface area contributed by atoms with Gasteiger partial charge in [-0.25, -0.2) is 4.79 Å². The third-order valence-corrected chi connectivity index (χ3v) is 2.59. The Morgan fingerprint density at radius 1 is 1.24 bits per heavy atom. The number of halogens is 1. The van der Waals surface area contributed by atoms with Crippen molar-refractivity contribution in [2.45, 2.75) is 46.3 Å². The molecule has 1 N–H and O–H groups in total. The van der Waals surface area contributed by atoms with E-state index in [-0.39, 0.29) is 29.3 Å². The number of methoxy groups -OCH3 is 1. The SMILES string of the molecule is COC(=O)C(CC(C)C)Nc1nc(Cl)nc(OC(C)C)n1. The van der Waals surface area contributed by atoms with Crippen LogP contribution in [0.3, 0.4) is 0 Å². The minimum atomic E-state index is -0.555. The molecule has 0 saturated carbocycles. The van der Waals surface area contributed by atoms with E-state index < -0.39 is 6.04 Å². The molecule has 1 heterocycles. The van der Waals surface area contributed by atoms with Crippen LogP contribution in [0, 0.1) is 5.92 Å². The molecule has 1 aromatic heterocycles. The van der Waals surface area contributed by atoms with Gasteiger partial charge in [-0.1, -0.05) is 13.8 Å². The molecule has 0 aliphatic rings. The van der Waals surface area contributed by atoms with Crippen LogP contribution in [0.4, 0.5) is 5.95 Å². The van der Waals surface area contributed by atoms with Crippen molar-refractivity contribution in [3.8, 4) is 6.01 Å². The quantitative estimate of drug-likeness (QED) is 0.772. The van der Waals surface area contributed by atoms with E-state index >= 15 is 0 Å². The second-order valence-electron chi connectivity index (χ2n) is 5.23. The van der Waals surface area contributed by atoms with E-state index in [9.17, 15) is 4.79 Å². The molecule has 0 aliphatic carbocycles. The van der Waals surface area contributed by atoms with Gasteiger partial charge in [-0.15, -0.1) is 0 Å². The predicted octanol–water partition coefficient (Wildman–Crippen LogP) is 2.31. The molecule has 1 unspecified atom stereocenters. The highest BCUT2D eigenvalue weighted by atomic mass is 35.5. The molecule has 0 amide bonds. The van der Waals surface area contributed by atoms with E-state index in [1.807, 2.05) is 27.7 Å². The third kappa shape index (κ3) is 6.12. The standard InChI is InChI=1S/C13H21ClN4O3/c1-7(2)6-9(10(19)20-5)15-12-16-11(14)17-13(18-12)21-8(3)4/h7-9H,6H2,1-5H3,(H,15,16,17,18). The number of hydrogen-bond acceptors (Lipinski definition) is 7. The van der Waals surface area contributed by atoms with Gasteiger partial charge in [-0.05, 0) is 37.8 Å². The molecule has 7 nitrogen and oxygen atoms in total. The van der Waals surface area contributed by atoms with Crippen LogP contribution >= 0.6 is 11.6 Å². The lowest BCUT2D eigenvalue weighted by molar-refractivity contribution is -0.141. The Morgan fingerprint density at radius 3 is 2.43 bits per heavy atom. The second kappa shape index (κ2) is 7.97. The smallest absolute Gasteiger partial charge is 0.328 e. The first kappa shape index (κ1) is 17.4. The molecule has 0 bridgehead atoms. The Morgan fingerprint density at radius 2 is 1.90 bits per heavy atom. The molecule has 0 aliphatic heterocycles. The number of carbonyl (C=O) groups excluding carboxylic acids is 1. The van der Waals surface area contributed by atoms with Crippen LogP contribution in [-0.2, 0) is 9.53 Å². The van der Waals surface area contributed by atoms with Crippen LogP contribution < -0.4 is 10.1 Å². The lowest BCUT2D eigenvalue weighted by Gasteiger charge is -2.18. The number of rotatable bonds is 7. The zero-order chi connectivity index (χ0) is 16.0. The first-order valence-corrected chi connectivity index (χ1v) is 7.12. The van der Waals surface area contributed by atoms with Crippen molar-refractivity contribution in [3.63, 3.8) is 0 Å². The molecule has 0 radical (unpaired) electrons. The number of ether oxygens (including phenoxy) is 2. The van der Waals surface area contributed by atoms with E-state index in [4.69, 9.17) is 21.1 Å². The average Bonchev–Trinajstić information content (AvgIpc) is 2.34. The molecule has 21 heavy (non-hydrogen) atoms. The van der Waals surface area contributed by atoms with Gasteiger partial charge in [-0.3, -0.25) is 0 Å². The maximum Gasteiger partial charge on any atom is 0.328 e. The van der Waals surface area contributed by atoms with Gasteiger partial charge in [0.1, 0.15) is 6.04 Å². The van der Waals surface area contributed by atoms with Gasteiger partial charge < -0.3 is 14.8 Å². The fraction of sp³-hybridized carbons (Fsp3) is 0.692. The molecule has 1 atom stereocenters. The molecule has 0 spiro atoms. The monoisotopic (exact) mass is 316 g/mol. The van der Waals surface area contributed by atoms with Crippen molar-refractivity contribution in [3.05, 3.63) is 5.28 Å². The van der Waals surface area contributed by atoms with E-state index in [0.717, 1.165) is 0 Å². The second-order valence-corrected chi connectivity index (χ2v) is 5.56. The maximum atomic E-state index is 11.8. The molecular formula is C13H21ClN4O3. The summed E-state index contributed by atoms with van der Waals surface area (Å²) in [5.41, 5.74) is 0. The normalized spacial score (nSPS) is 12.4. The minimum Gasteiger partial charge on any atom is -0.467 e. The van der Waals surface area contributed by atoms with E-state index in [1.165, 1.54) is 7.11 Å². The van der Waals surface area contributed by atoms with Crippen molar-refractivity contribution in [1.29, 1.82) is 0 Å². The van der Waals surface area contributed by atoms with Gasteiger partial charge in [0.2, 0.25) is 11.2 Å². The Hall–Kier alpha value is -1.63. The first-order chi connectivity index (χ1) is 9.81. The Balaban J connectivity index is 2.92. The molecule has 118 valence electrons. The zero-order valence-electron chi connectivity index (χ0n) is 12.9. The number of anilines is 1. The molecule has 0 fully saturated rings. The Labute approximate surface area is 129 Å². The van der Waals surface area contributed by atoms with Gasteiger partial charge in [0.25, 0.3) is 0 Å². The molecule has 8 heteroatoms. The number of carbonyl (C=O) groups is 1. The van der Waals surface area contributed by atoms with Crippen molar-refractivity contribution < 1.29 is 14.3 Å². The predicted molar refractivity (Wildman–Crippen MR) is 79.5 cm³/mol. The van der Waals surface area contributed by atoms with Gasteiger partial charge in [0.15, 0.2) is 0 Å². The summed E-state index contributed by atoms with van der Waals surface area (Å²) in [7, 11) is 1.34. The number of nitrogens with zero attached hydrogens (tertiary/aromatic N) is 3. The van der Waals surface area contributed by atoms with E-state index in [1.54, 1.807) is 0 Å². The summed E-state index contributed by atoms with van der Waals surface area (Å²) in [4.78, 5) is 23.7. The van der Waals surface area contributed by atoms with Crippen LogP contribution in [0.2, 0.25) is 5.28 Å². The maximum absolute atomic E-state index is 11.8. The van der Waals surface area contributed by atoms with Crippen LogP contribution in [0.5, 0.6) is 6.01 Å². The van der Waals surface area contributed by atoms with Crippen LogP contribution in [-0.4, -0.2) is 40.2 Å². The summed E-state index contributed by atoms with van der Waals surface area (Å²) < 4.78 is 10.2. The van der Waals surface area contributed by atoms with Crippen LogP contribution in [0.15, 0.2) is 0 Å². The zero-order valence-corrected chi connectivity index (χ0v) is 13.6.